The molecule has 0 atom stereocenters. The summed E-state index contributed by atoms with van der Waals surface area (Å²) in [5.41, 5.74) is 9.94. The van der Waals surface area contributed by atoms with Gasteiger partial charge in [-0.2, -0.15) is 0 Å². The topological polar surface area (TPSA) is 41.8 Å². The quantitative estimate of drug-likeness (QED) is 0.857. The van der Waals surface area contributed by atoms with Gasteiger partial charge >= 0.3 is 0 Å². The van der Waals surface area contributed by atoms with Crippen molar-refractivity contribution in [3.05, 3.63) is 34.5 Å². The van der Waals surface area contributed by atoms with E-state index in [1.165, 1.54) is 29.4 Å². The second kappa shape index (κ2) is 3.76. The number of rotatable bonds is 3. The maximum Gasteiger partial charge on any atom is 0.0502 e. The van der Waals surface area contributed by atoms with Crippen LogP contribution in [0.5, 0.6) is 0 Å². The van der Waals surface area contributed by atoms with Gasteiger partial charge < -0.3 is 10.7 Å². The highest BCUT2D eigenvalue weighted by Gasteiger charge is 2.37. The SMILES string of the molecule is Cc1ccc(Cl)c2c(CCC3(N)CC3)c[nH]c12. The van der Waals surface area contributed by atoms with E-state index in [4.69, 9.17) is 17.3 Å². The number of aromatic amines is 1. The third-order valence-corrected chi connectivity index (χ3v) is 4.17. The first kappa shape index (κ1) is 11.1. The molecular formula is C14H17ClN2. The lowest BCUT2D eigenvalue weighted by atomic mass is 10.0. The zero-order valence-electron chi connectivity index (χ0n) is 10.0. The van der Waals surface area contributed by atoms with Crippen molar-refractivity contribution in [3.8, 4) is 0 Å². The van der Waals surface area contributed by atoms with Crippen molar-refractivity contribution >= 4 is 22.5 Å². The Morgan fingerprint density at radius 1 is 1.41 bits per heavy atom. The number of hydrogen-bond acceptors (Lipinski definition) is 1. The molecule has 0 bridgehead atoms. The molecule has 17 heavy (non-hydrogen) atoms. The van der Waals surface area contributed by atoms with Crippen molar-refractivity contribution in [2.24, 2.45) is 5.73 Å². The number of benzene rings is 1. The van der Waals surface area contributed by atoms with Gasteiger partial charge in [-0.25, -0.2) is 0 Å². The summed E-state index contributed by atoms with van der Waals surface area (Å²) in [5, 5.41) is 2.01. The molecule has 0 spiro atoms. The zero-order chi connectivity index (χ0) is 12.0. The standard InChI is InChI=1S/C14H17ClN2/c1-9-2-3-11(15)12-10(8-17-13(9)12)4-5-14(16)6-7-14/h2-3,8,17H,4-7,16H2,1H3. The van der Waals surface area contributed by atoms with E-state index in [1.54, 1.807) is 0 Å². The first-order valence-electron chi connectivity index (χ1n) is 6.13. The molecular weight excluding hydrogens is 232 g/mol. The minimum absolute atomic E-state index is 0.111. The fourth-order valence-corrected chi connectivity index (χ4v) is 2.68. The molecule has 1 fully saturated rings. The van der Waals surface area contributed by atoms with Crippen molar-refractivity contribution in [1.29, 1.82) is 0 Å². The lowest BCUT2D eigenvalue weighted by Gasteiger charge is -2.07. The Balaban J connectivity index is 1.96. The summed E-state index contributed by atoms with van der Waals surface area (Å²) in [6, 6.07) is 4.03. The second-order valence-corrected chi connectivity index (χ2v) is 5.70. The molecule has 3 heteroatoms. The lowest BCUT2D eigenvalue weighted by molar-refractivity contribution is 0.610. The summed E-state index contributed by atoms with van der Waals surface area (Å²) >= 11 is 6.29. The fourth-order valence-electron chi connectivity index (χ4n) is 2.40. The lowest BCUT2D eigenvalue weighted by Crippen LogP contribution is -2.21. The van der Waals surface area contributed by atoms with E-state index >= 15 is 0 Å². The van der Waals surface area contributed by atoms with Crippen LogP contribution >= 0.6 is 11.6 Å². The Morgan fingerprint density at radius 2 is 2.18 bits per heavy atom. The second-order valence-electron chi connectivity index (χ2n) is 5.29. The van der Waals surface area contributed by atoms with Crippen molar-refractivity contribution in [3.63, 3.8) is 0 Å². The van der Waals surface area contributed by atoms with Crippen LogP contribution < -0.4 is 5.73 Å². The highest BCUT2D eigenvalue weighted by molar-refractivity contribution is 6.35. The number of aryl methyl sites for hydroxylation is 2. The van der Waals surface area contributed by atoms with Gasteiger partial charge in [0.25, 0.3) is 0 Å². The van der Waals surface area contributed by atoms with Crippen LogP contribution in [0.3, 0.4) is 0 Å². The van der Waals surface area contributed by atoms with Crippen LogP contribution in [-0.4, -0.2) is 10.5 Å². The van der Waals surface area contributed by atoms with E-state index in [1.807, 2.05) is 6.07 Å². The fraction of sp³-hybridized carbons (Fsp3) is 0.429. The molecule has 1 saturated carbocycles. The molecule has 1 aromatic heterocycles. The average molecular weight is 249 g/mol. The molecule has 2 nitrogen and oxygen atoms in total. The predicted octanol–water partition coefficient (Wildman–Crippen LogP) is 3.55. The normalized spacial score (nSPS) is 17.6. The highest BCUT2D eigenvalue weighted by atomic mass is 35.5. The van der Waals surface area contributed by atoms with Gasteiger partial charge in [-0.05, 0) is 49.8 Å². The molecule has 0 aliphatic heterocycles. The summed E-state index contributed by atoms with van der Waals surface area (Å²) in [7, 11) is 0. The number of H-pyrrole nitrogens is 1. The monoisotopic (exact) mass is 248 g/mol. The molecule has 1 aromatic carbocycles. The number of aromatic nitrogens is 1. The first-order valence-corrected chi connectivity index (χ1v) is 6.51. The molecule has 2 aromatic rings. The Labute approximate surface area is 106 Å². The molecule has 90 valence electrons. The summed E-state index contributed by atoms with van der Waals surface area (Å²) in [5.74, 6) is 0. The smallest absolute Gasteiger partial charge is 0.0502 e. The first-order chi connectivity index (χ1) is 8.09. The van der Waals surface area contributed by atoms with E-state index in [0.29, 0.717) is 0 Å². The number of fused-ring (bicyclic) bond motifs is 1. The molecule has 3 rings (SSSR count). The zero-order valence-corrected chi connectivity index (χ0v) is 10.8. The molecule has 0 amide bonds. The van der Waals surface area contributed by atoms with Crippen molar-refractivity contribution < 1.29 is 0 Å². The summed E-state index contributed by atoms with van der Waals surface area (Å²) < 4.78 is 0. The Hall–Kier alpha value is -0.990. The van der Waals surface area contributed by atoms with E-state index < -0.39 is 0 Å². The van der Waals surface area contributed by atoms with E-state index in [0.717, 1.165) is 23.4 Å². The van der Waals surface area contributed by atoms with Gasteiger partial charge in [0, 0.05) is 17.1 Å². The molecule has 1 heterocycles. The number of halogens is 1. The van der Waals surface area contributed by atoms with E-state index in [2.05, 4.69) is 24.2 Å². The molecule has 0 radical (unpaired) electrons. The molecule has 1 aliphatic rings. The third-order valence-electron chi connectivity index (χ3n) is 3.86. The van der Waals surface area contributed by atoms with Gasteiger partial charge in [-0.1, -0.05) is 17.7 Å². The number of hydrogen-bond donors (Lipinski definition) is 2. The Bertz CT molecular complexity index is 567. The number of nitrogens with one attached hydrogen (secondary N) is 1. The number of nitrogens with two attached hydrogens (primary N) is 1. The molecule has 3 N–H and O–H groups in total. The van der Waals surface area contributed by atoms with Gasteiger partial charge in [0.05, 0.1) is 10.5 Å². The van der Waals surface area contributed by atoms with Gasteiger partial charge in [0.15, 0.2) is 0 Å². The van der Waals surface area contributed by atoms with Crippen molar-refractivity contribution in [2.75, 3.05) is 0 Å². The minimum atomic E-state index is 0.111. The molecule has 0 saturated heterocycles. The van der Waals surface area contributed by atoms with Gasteiger partial charge in [-0.3, -0.25) is 0 Å². The third kappa shape index (κ3) is 1.96. The van der Waals surface area contributed by atoms with E-state index in [-0.39, 0.29) is 5.54 Å². The van der Waals surface area contributed by atoms with Gasteiger partial charge in [0.2, 0.25) is 0 Å². The largest absolute Gasteiger partial charge is 0.361 e. The van der Waals surface area contributed by atoms with Crippen LogP contribution in [0.1, 0.15) is 30.4 Å². The summed E-state index contributed by atoms with van der Waals surface area (Å²) in [6.07, 6.45) is 6.49. The van der Waals surface area contributed by atoms with Crippen LogP contribution in [0.2, 0.25) is 5.02 Å². The summed E-state index contributed by atoms with van der Waals surface area (Å²) in [6.45, 7) is 2.10. The molecule has 1 aliphatic carbocycles. The average Bonchev–Trinajstić information content (AvgIpc) is 2.89. The maximum atomic E-state index is 6.29. The van der Waals surface area contributed by atoms with Crippen LogP contribution in [0.25, 0.3) is 10.9 Å². The Morgan fingerprint density at radius 3 is 2.88 bits per heavy atom. The van der Waals surface area contributed by atoms with E-state index in [9.17, 15) is 0 Å². The van der Waals surface area contributed by atoms with Gasteiger partial charge in [0.1, 0.15) is 0 Å². The van der Waals surface area contributed by atoms with Crippen molar-refractivity contribution in [2.45, 2.75) is 38.1 Å². The Kier molecular flexibility index (Phi) is 2.46. The highest BCUT2D eigenvalue weighted by Crippen LogP contribution is 2.38. The minimum Gasteiger partial charge on any atom is -0.361 e. The molecule has 0 unspecified atom stereocenters. The summed E-state index contributed by atoms with van der Waals surface area (Å²) in [4.78, 5) is 3.33. The maximum absolute atomic E-state index is 6.29. The van der Waals surface area contributed by atoms with Crippen LogP contribution in [0, 0.1) is 6.92 Å². The predicted molar refractivity (Wildman–Crippen MR) is 72.5 cm³/mol. The van der Waals surface area contributed by atoms with Crippen molar-refractivity contribution in [1.82, 2.24) is 4.98 Å². The van der Waals surface area contributed by atoms with Crippen LogP contribution in [0.15, 0.2) is 18.3 Å². The van der Waals surface area contributed by atoms with Crippen LogP contribution in [0.4, 0.5) is 0 Å². The van der Waals surface area contributed by atoms with Gasteiger partial charge in [-0.15, -0.1) is 0 Å². The van der Waals surface area contributed by atoms with Crippen LogP contribution in [-0.2, 0) is 6.42 Å².